The summed E-state index contributed by atoms with van der Waals surface area (Å²) < 4.78 is 24.0. The van der Waals surface area contributed by atoms with Crippen molar-refractivity contribution >= 4 is 23.9 Å². The van der Waals surface area contributed by atoms with Gasteiger partial charge in [0.1, 0.15) is 18.8 Å². The zero-order chi connectivity index (χ0) is 40.1. The second-order valence-corrected chi connectivity index (χ2v) is 17.1. The third kappa shape index (κ3) is 11.6. The van der Waals surface area contributed by atoms with Gasteiger partial charge in [-0.25, -0.2) is 0 Å². The molecular weight excluding hydrogens is 686 g/mol. The van der Waals surface area contributed by atoms with Gasteiger partial charge in [-0.1, -0.05) is 51.3 Å². The lowest BCUT2D eigenvalue weighted by Crippen LogP contribution is -2.62. The standard InChI is InChI=1S/C43H73N3O8/c1-8-42(6)31(20-25-52-38(48)16-21-44)26-35(53-39(49)17-22-45)41-33-14-13-32(43(33,7)36(27-34(41)42)54-40(50)18-23-46)30(5)12-15-37(47)51-24-19-29(4)11-9-10-28(2)3/h10,19,30-36,41H,8-9,11-18,20-27,44-46H2,1-7H3/b29-19+/t30-,31?,32?,33+,34+,35-,36+,41?,42?,43?/m1/s1. The highest BCUT2D eigenvalue weighted by atomic mass is 16.6. The van der Waals surface area contributed by atoms with E-state index in [1.165, 1.54) is 11.1 Å². The normalized spacial score (nSPS) is 31.1. The third-order valence-electron chi connectivity index (χ3n) is 13.6. The maximum atomic E-state index is 13.3. The summed E-state index contributed by atoms with van der Waals surface area (Å²) in [5.74, 6) is -0.404. The zero-order valence-corrected chi connectivity index (χ0v) is 34.5. The van der Waals surface area contributed by atoms with E-state index >= 15 is 0 Å². The van der Waals surface area contributed by atoms with Crippen molar-refractivity contribution in [3.05, 3.63) is 23.3 Å². The molecule has 0 bridgehead atoms. The van der Waals surface area contributed by atoms with Gasteiger partial charge in [-0.15, -0.1) is 0 Å². The van der Waals surface area contributed by atoms with E-state index in [2.05, 4.69) is 54.5 Å². The van der Waals surface area contributed by atoms with Crippen molar-refractivity contribution < 1.29 is 38.1 Å². The smallest absolute Gasteiger partial charge is 0.307 e. The number of fused-ring (bicyclic) bond motifs is 3. The molecule has 3 saturated carbocycles. The predicted octanol–water partition coefficient (Wildman–Crippen LogP) is 6.55. The number of hydrogen-bond acceptors (Lipinski definition) is 11. The Morgan fingerprint density at radius 1 is 0.778 bits per heavy atom. The quantitative estimate of drug-likeness (QED) is 0.0656. The fourth-order valence-electron chi connectivity index (χ4n) is 10.5. The van der Waals surface area contributed by atoms with Crippen LogP contribution in [0.25, 0.3) is 0 Å². The first-order chi connectivity index (χ1) is 25.7. The van der Waals surface area contributed by atoms with Crippen LogP contribution in [-0.4, -0.2) is 68.9 Å². The van der Waals surface area contributed by atoms with E-state index in [0.29, 0.717) is 32.1 Å². The van der Waals surface area contributed by atoms with Crippen molar-refractivity contribution in [2.24, 2.45) is 63.5 Å². The molecule has 5 unspecified atom stereocenters. The van der Waals surface area contributed by atoms with Gasteiger partial charge in [0, 0.05) is 37.4 Å². The van der Waals surface area contributed by atoms with Gasteiger partial charge in [0.05, 0.1) is 25.9 Å². The number of carbonyl (C=O) groups excluding carboxylic acids is 4. The van der Waals surface area contributed by atoms with E-state index in [-0.39, 0.29) is 129 Å². The number of rotatable bonds is 21. The lowest BCUT2D eigenvalue weighted by Gasteiger charge is -2.63. The molecule has 0 saturated heterocycles. The van der Waals surface area contributed by atoms with Gasteiger partial charge in [0.25, 0.3) is 0 Å². The van der Waals surface area contributed by atoms with Crippen LogP contribution in [0.4, 0.5) is 0 Å². The maximum Gasteiger partial charge on any atom is 0.307 e. The van der Waals surface area contributed by atoms with E-state index in [1.54, 1.807) is 0 Å². The van der Waals surface area contributed by atoms with Crippen molar-refractivity contribution in [2.45, 2.75) is 144 Å². The summed E-state index contributed by atoms with van der Waals surface area (Å²) in [5.41, 5.74) is 19.1. The number of carbonyl (C=O) groups is 4. The molecule has 0 aromatic carbocycles. The lowest BCUT2D eigenvalue weighted by atomic mass is 9.44. The summed E-state index contributed by atoms with van der Waals surface area (Å²) in [4.78, 5) is 51.5. The molecule has 3 aliphatic rings. The molecular formula is C43H73N3O8. The van der Waals surface area contributed by atoms with E-state index in [9.17, 15) is 19.2 Å². The van der Waals surface area contributed by atoms with Crippen LogP contribution < -0.4 is 17.2 Å². The highest BCUT2D eigenvalue weighted by molar-refractivity contribution is 5.71. The van der Waals surface area contributed by atoms with Crippen molar-refractivity contribution in [3.63, 3.8) is 0 Å². The highest BCUT2D eigenvalue weighted by Gasteiger charge is 2.67. The summed E-state index contributed by atoms with van der Waals surface area (Å²) in [7, 11) is 0. The second-order valence-electron chi connectivity index (χ2n) is 17.1. The van der Waals surface area contributed by atoms with Crippen LogP contribution in [0.2, 0.25) is 0 Å². The average Bonchev–Trinajstić information content (AvgIpc) is 3.47. The Morgan fingerprint density at radius 2 is 1.41 bits per heavy atom. The number of nitrogens with two attached hydrogens (primary N) is 3. The molecule has 0 heterocycles. The maximum absolute atomic E-state index is 13.3. The molecule has 54 heavy (non-hydrogen) atoms. The SMILES string of the molecule is CCC1(C)C(CCOC(=O)CCN)C[C@@H](OC(=O)CCN)C2[C@@H]1C[C@H](OC(=O)CCN)C1(C)C([C@H](C)CCC(=O)OC/C=C(\C)CCC=C(C)C)CC[C@@H]21. The van der Waals surface area contributed by atoms with E-state index in [1.807, 2.05) is 6.08 Å². The van der Waals surface area contributed by atoms with Crippen LogP contribution in [0, 0.1) is 46.3 Å². The number of ether oxygens (including phenoxy) is 4. The van der Waals surface area contributed by atoms with Gasteiger partial charge < -0.3 is 36.1 Å². The summed E-state index contributed by atoms with van der Waals surface area (Å²) in [5, 5.41) is 0. The predicted molar refractivity (Wildman–Crippen MR) is 211 cm³/mol. The molecule has 0 aromatic heterocycles. The van der Waals surface area contributed by atoms with Crippen LogP contribution in [0.1, 0.15) is 132 Å². The highest BCUT2D eigenvalue weighted by Crippen LogP contribution is 2.68. The molecule has 11 heteroatoms. The van der Waals surface area contributed by atoms with Gasteiger partial charge in [0.2, 0.25) is 0 Å². The van der Waals surface area contributed by atoms with Crippen LogP contribution in [0.15, 0.2) is 23.3 Å². The minimum Gasteiger partial charge on any atom is -0.466 e. The Kier molecular flexibility index (Phi) is 18.2. The van der Waals surface area contributed by atoms with Crippen LogP contribution in [0.5, 0.6) is 0 Å². The molecule has 3 aliphatic carbocycles. The van der Waals surface area contributed by atoms with Crippen molar-refractivity contribution in [1.29, 1.82) is 0 Å². The molecule has 6 N–H and O–H groups in total. The first kappa shape index (κ1) is 45.6. The van der Waals surface area contributed by atoms with E-state index < -0.39 is 5.41 Å². The Morgan fingerprint density at radius 3 is 2.04 bits per heavy atom. The molecule has 0 aliphatic heterocycles. The van der Waals surface area contributed by atoms with Crippen LogP contribution >= 0.6 is 0 Å². The number of allylic oxidation sites excluding steroid dienone is 3. The molecule has 10 atom stereocenters. The molecule has 0 spiro atoms. The summed E-state index contributed by atoms with van der Waals surface area (Å²) in [6.07, 6.45) is 11.5. The van der Waals surface area contributed by atoms with Crippen LogP contribution in [0.3, 0.4) is 0 Å². The summed E-state index contributed by atoms with van der Waals surface area (Å²) >= 11 is 0. The Labute approximate surface area is 325 Å². The minimum atomic E-state index is -0.405. The third-order valence-corrected chi connectivity index (χ3v) is 13.6. The van der Waals surface area contributed by atoms with Gasteiger partial charge in [-0.2, -0.15) is 0 Å². The van der Waals surface area contributed by atoms with Crippen molar-refractivity contribution in [3.8, 4) is 0 Å². The number of hydrogen-bond donors (Lipinski definition) is 3. The van der Waals surface area contributed by atoms with Gasteiger partial charge in [-0.05, 0) is 113 Å². The first-order valence-electron chi connectivity index (χ1n) is 20.7. The van der Waals surface area contributed by atoms with E-state index in [4.69, 9.17) is 36.1 Å². The van der Waals surface area contributed by atoms with Crippen LogP contribution in [-0.2, 0) is 38.1 Å². The second kappa shape index (κ2) is 21.5. The van der Waals surface area contributed by atoms with E-state index in [0.717, 1.165) is 32.1 Å². The molecule has 3 rings (SSSR count). The fourth-order valence-corrected chi connectivity index (χ4v) is 10.5. The summed E-state index contributed by atoms with van der Waals surface area (Å²) in [6, 6.07) is 0. The molecule has 0 amide bonds. The van der Waals surface area contributed by atoms with Gasteiger partial charge in [-0.3, -0.25) is 19.2 Å². The monoisotopic (exact) mass is 760 g/mol. The minimum absolute atomic E-state index is 0.0519. The largest absolute Gasteiger partial charge is 0.466 e. The topological polar surface area (TPSA) is 183 Å². The average molecular weight is 760 g/mol. The van der Waals surface area contributed by atoms with Gasteiger partial charge in [0.15, 0.2) is 0 Å². The number of esters is 4. The summed E-state index contributed by atoms with van der Waals surface area (Å²) in [6.45, 7) is 16.5. The molecule has 0 aromatic rings. The van der Waals surface area contributed by atoms with Crippen molar-refractivity contribution in [2.75, 3.05) is 32.8 Å². The molecule has 0 radical (unpaired) electrons. The van der Waals surface area contributed by atoms with Gasteiger partial charge >= 0.3 is 23.9 Å². The molecule has 11 nitrogen and oxygen atoms in total. The van der Waals surface area contributed by atoms with Crippen molar-refractivity contribution in [1.82, 2.24) is 0 Å². The molecule has 308 valence electrons. The lowest BCUT2D eigenvalue weighted by molar-refractivity contribution is -0.218. The zero-order valence-electron chi connectivity index (χ0n) is 34.5. The fraction of sp³-hybridized carbons (Fsp3) is 0.814. The Balaban J connectivity index is 1.88. The Bertz CT molecular complexity index is 1310. The molecule has 3 fully saturated rings. The Hall–Kier alpha value is -2.76. The first-order valence-corrected chi connectivity index (χ1v) is 20.7.